The van der Waals surface area contributed by atoms with E-state index >= 15 is 4.39 Å². The lowest BCUT2D eigenvalue weighted by Crippen LogP contribution is -2.48. The Labute approximate surface area is 274 Å². The number of carbonyl (C=O) groups is 3. The van der Waals surface area contributed by atoms with Crippen LogP contribution in [-0.2, 0) is 11.8 Å². The highest BCUT2D eigenvalue weighted by Gasteiger charge is 2.32. The minimum atomic E-state index is -3.57. The number of anilines is 3. The Balaban J connectivity index is 1.28. The number of hydrogen-bond donors (Lipinski definition) is 6. The number of benzene rings is 1. The molecule has 48 heavy (non-hydrogen) atoms. The van der Waals surface area contributed by atoms with E-state index in [-0.39, 0.29) is 51.9 Å². The molecule has 3 aliphatic rings. The maximum atomic E-state index is 15.2. The fourth-order valence-corrected chi connectivity index (χ4v) is 6.24. The number of halogens is 1. The Morgan fingerprint density at radius 2 is 1.67 bits per heavy atom. The van der Waals surface area contributed by atoms with Crippen LogP contribution in [-0.4, -0.2) is 108 Å². The zero-order chi connectivity index (χ0) is 34.2. The van der Waals surface area contributed by atoms with E-state index in [1.807, 2.05) is 4.90 Å². The summed E-state index contributed by atoms with van der Waals surface area (Å²) in [6.07, 6.45) is 2.09. The van der Waals surface area contributed by atoms with E-state index in [9.17, 15) is 29.7 Å². The van der Waals surface area contributed by atoms with Gasteiger partial charge >= 0.3 is 6.10 Å². The fourth-order valence-electron chi connectivity index (χ4n) is 6.24. The van der Waals surface area contributed by atoms with Crippen LogP contribution >= 0.6 is 0 Å². The molecule has 0 unspecified atom stereocenters. The first-order valence-corrected chi connectivity index (χ1v) is 15.8. The van der Waals surface area contributed by atoms with Crippen LogP contribution < -0.4 is 20.7 Å². The SMILES string of the molecule is COc1c(Nc2cc(NC(=O)C3CC3)nnc2C(=O)NC(O)(O)O)cc(F)cc1-c1cc(C(=O)N2CCC(N3CCCC3)CC2)n(C)n1. The van der Waals surface area contributed by atoms with Gasteiger partial charge in [0.25, 0.3) is 11.8 Å². The molecule has 256 valence electrons. The van der Waals surface area contributed by atoms with Crippen LogP contribution in [0, 0.1) is 11.7 Å². The first kappa shape index (κ1) is 33.2. The first-order chi connectivity index (χ1) is 22.9. The number of aryl methyl sites for hydroxylation is 1. The van der Waals surface area contributed by atoms with Gasteiger partial charge in [0.2, 0.25) is 5.91 Å². The molecule has 1 aliphatic carbocycles. The molecule has 1 saturated carbocycles. The second-order valence-electron chi connectivity index (χ2n) is 12.3. The van der Waals surface area contributed by atoms with E-state index in [1.54, 1.807) is 13.1 Å². The molecule has 0 spiro atoms. The molecule has 17 heteroatoms. The van der Waals surface area contributed by atoms with Crippen molar-refractivity contribution in [3.63, 3.8) is 0 Å². The number of amides is 3. The van der Waals surface area contributed by atoms with Crippen molar-refractivity contribution >= 4 is 34.9 Å². The molecule has 2 saturated heterocycles. The molecule has 4 heterocycles. The Hall–Kier alpha value is -4.71. The van der Waals surface area contributed by atoms with Gasteiger partial charge in [-0.2, -0.15) is 5.10 Å². The molecular formula is C31H38FN9O7. The number of methoxy groups -OCH3 is 1. The average Bonchev–Trinajstić information content (AvgIpc) is 3.61. The number of aromatic nitrogens is 4. The number of rotatable bonds is 10. The smallest absolute Gasteiger partial charge is 0.369 e. The zero-order valence-electron chi connectivity index (χ0n) is 26.6. The molecule has 3 aromatic rings. The van der Waals surface area contributed by atoms with Crippen molar-refractivity contribution in [3.8, 4) is 17.0 Å². The molecule has 1 aromatic carbocycles. The van der Waals surface area contributed by atoms with Crippen molar-refractivity contribution in [1.82, 2.24) is 35.1 Å². The predicted octanol–water partition coefficient (Wildman–Crippen LogP) is 1.14. The van der Waals surface area contributed by atoms with E-state index in [0.717, 1.165) is 44.8 Å². The summed E-state index contributed by atoms with van der Waals surface area (Å²) in [5, 5.41) is 47.0. The average molecular weight is 668 g/mol. The van der Waals surface area contributed by atoms with Crippen molar-refractivity contribution in [2.45, 2.75) is 50.7 Å². The number of piperidine rings is 1. The van der Waals surface area contributed by atoms with Gasteiger partial charge in [-0.3, -0.25) is 24.4 Å². The predicted molar refractivity (Wildman–Crippen MR) is 168 cm³/mol. The maximum absolute atomic E-state index is 15.2. The second-order valence-corrected chi connectivity index (χ2v) is 12.3. The third kappa shape index (κ3) is 7.38. The van der Waals surface area contributed by atoms with E-state index in [0.29, 0.717) is 24.8 Å². The molecule has 0 atom stereocenters. The van der Waals surface area contributed by atoms with Gasteiger partial charge in [-0.1, -0.05) is 0 Å². The van der Waals surface area contributed by atoms with Crippen LogP contribution in [0.1, 0.15) is 59.5 Å². The Bertz CT molecular complexity index is 1710. The Morgan fingerprint density at radius 1 is 0.958 bits per heavy atom. The van der Waals surface area contributed by atoms with Crippen molar-refractivity contribution in [3.05, 3.63) is 41.5 Å². The van der Waals surface area contributed by atoms with E-state index in [4.69, 9.17) is 4.74 Å². The number of ether oxygens (including phenoxy) is 1. The van der Waals surface area contributed by atoms with Gasteiger partial charge < -0.3 is 40.5 Å². The summed E-state index contributed by atoms with van der Waals surface area (Å²) in [7, 11) is 2.98. The third-order valence-electron chi connectivity index (χ3n) is 8.80. The molecule has 0 radical (unpaired) electrons. The van der Waals surface area contributed by atoms with Crippen molar-refractivity contribution in [1.29, 1.82) is 0 Å². The number of likely N-dealkylation sites (tertiary alicyclic amines) is 2. The fraction of sp³-hybridized carbons (Fsp3) is 0.484. The van der Waals surface area contributed by atoms with Crippen LogP contribution in [0.25, 0.3) is 11.3 Å². The molecule has 3 amide bonds. The lowest BCUT2D eigenvalue weighted by Gasteiger charge is -2.36. The lowest BCUT2D eigenvalue weighted by atomic mass is 10.0. The quantitative estimate of drug-likeness (QED) is 0.168. The summed E-state index contributed by atoms with van der Waals surface area (Å²) in [6, 6.07) is 5.56. The molecule has 0 bridgehead atoms. The largest absolute Gasteiger partial charge is 0.494 e. The van der Waals surface area contributed by atoms with Gasteiger partial charge in [0, 0.05) is 49.8 Å². The summed E-state index contributed by atoms with van der Waals surface area (Å²) >= 11 is 0. The van der Waals surface area contributed by atoms with Crippen molar-refractivity contribution in [2.24, 2.45) is 13.0 Å². The molecule has 3 fully saturated rings. The summed E-state index contributed by atoms with van der Waals surface area (Å²) in [5.74, 6) is -2.58. The zero-order valence-corrected chi connectivity index (χ0v) is 26.6. The van der Waals surface area contributed by atoms with Gasteiger partial charge in [-0.05, 0) is 63.7 Å². The highest BCUT2D eigenvalue weighted by molar-refractivity contribution is 6.00. The number of hydrogen-bond acceptors (Lipinski definition) is 12. The van der Waals surface area contributed by atoms with Crippen LogP contribution in [0.2, 0.25) is 0 Å². The Morgan fingerprint density at radius 3 is 2.31 bits per heavy atom. The second kappa shape index (κ2) is 13.4. The summed E-state index contributed by atoms with van der Waals surface area (Å²) in [4.78, 5) is 43.0. The number of aliphatic hydroxyl groups is 3. The van der Waals surface area contributed by atoms with Gasteiger partial charge in [-0.15, -0.1) is 10.2 Å². The normalized spacial score (nSPS) is 17.3. The monoisotopic (exact) mass is 667 g/mol. The first-order valence-electron chi connectivity index (χ1n) is 15.8. The topological polar surface area (TPSA) is 207 Å². The molecule has 16 nitrogen and oxygen atoms in total. The number of nitrogens with zero attached hydrogens (tertiary/aromatic N) is 6. The van der Waals surface area contributed by atoms with Gasteiger partial charge in [0.1, 0.15) is 11.5 Å². The molecule has 2 aliphatic heterocycles. The minimum Gasteiger partial charge on any atom is -0.494 e. The highest BCUT2D eigenvalue weighted by Crippen LogP contribution is 2.39. The van der Waals surface area contributed by atoms with E-state index in [2.05, 4.69) is 30.8 Å². The molecule has 6 rings (SSSR count). The van der Waals surface area contributed by atoms with Crippen LogP contribution in [0.15, 0.2) is 24.3 Å². The van der Waals surface area contributed by atoms with Crippen LogP contribution in [0.5, 0.6) is 5.75 Å². The lowest BCUT2D eigenvalue weighted by molar-refractivity contribution is -0.323. The Kier molecular flexibility index (Phi) is 9.28. The summed E-state index contributed by atoms with van der Waals surface area (Å²) in [5.41, 5.74) is 0.0767. The highest BCUT2D eigenvalue weighted by atomic mass is 19.1. The van der Waals surface area contributed by atoms with Crippen LogP contribution in [0.3, 0.4) is 0 Å². The van der Waals surface area contributed by atoms with E-state index < -0.39 is 23.5 Å². The maximum Gasteiger partial charge on any atom is 0.369 e. The third-order valence-corrected chi connectivity index (χ3v) is 8.80. The van der Waals surface area contributed by atoms with Crippen molar-refractivity contribution in [2.75, 3.05) is 43.9 Å². The van der Waals surface area contributed by atoms with Crippen molar-refractivity contribution < 1.29 is 38.8 Å². The standard InChI is InChI=1S/C31H38FN9O7/c1-39-24(30(44)41-11-7-19(8-12-41)40-9-3-4-10-40)15-21(38-39)20-13-18(32)14-23(27(20)48-2)33-22-16-25(34-28(42)17-5-6-17)36-37-26(22)29(43)35-31(45,46)47/h13-17,19,45-47H,3-12H2,1-2H3,(H,35,43)(H2,33,34,36,42). The summed E-state index contributed by atoms with van der Waals surface area (Å²) in [6.45, 7) is 3.46. The number of carbonyl (C=O) groups excluding carboxylic acids is 3. The number of nitrogens with one attached hydrogen (secondary N) is 3. The van der Waals surface area contributed by atoms with Gasteiger partial charge in [-0.25, -0.2) is 4.39 Å². The molecular weight excluding hydrogens is 629 g/mol. The minimum absolute atomic E-state index is 0.000192. The molecule has 6 N–H and O–H groups in total. The summed E-state index contributed by atoms with van der Waals surface area (Å²) < 4.78 is 22.3. The molecule has 2 aromatic heterocycles. The van der Waals surface area contributed by atoms with E-state index in [1.165, 1.54) is 42.1 Å². The van der Waals surface area contributed by atoms with Gasteiger partial charge in [0.05, 0.1) is 24.2 Å². The van der Waals surface area contributed by atoms with Crippen LogP contribution in [0.4, 0.5) is 21.6 Å². The van der Waals surface area contributed by atoms with Gasteiger partial charge in [0.15, 0.2) is 17.3 Å².